The summed E-state index contributed by atoms with van der Waals surface area (Å²) >= 11 is 3.20. The minimum Gasteiger partial charge on any atom is -0.476 e. The van der Waals surface area contributed by atoms with E-state index in [9.17, 15) is 4.79 Å². The molecule has 0 amide bonds. The van der Waals surface area contributed by atoms with Crippen LogP contribution >= 0.6 is 15.9 Å². The number of aromatic nitrogens is 3. The normalized spacial score (nSPS) is 20.7. The van der Waals surface area contributed by atoms with Crippen LogP contribution in [0.4, 0.5) is 0 Å². The van der Waals surface area contributed by atoms with Gasteiger partial charge in [0.25, 0.3) is 5.56 Å². The summed E-state index contributed by atoms with van der Waals surface area (Å²) in [5.41, 5.74) is 0.950. The summed E-state index contributed by atoms with van der Waals surface area (Å²) in [5.74, 6) is 1.42. The Labute approximate surface area is 124 Å². The minimum absolute atomic E-state index is 0.171. The molecular formula is C14H14BrN3O2. The number of rotatable bonds is 4. The quantitative estimate of drug-likeness (QED) is 0.858. The van der Waals surface area contributed by atoms with Gasteiger partial charge >= 0.3 is 0 Å². The Morgan fingerprint density at radius 2 is 2.35 bits per heavy atom. The van der Waals surface area contributed by atoms with Crippen molar-refractivity contribution in [2.24, 2.45) is 13.0 Å². The largest absolute Gasteiger partial charge is 0.476 e. The second-order valence-electron chi connectivity index (χ2n) is 4.93. The highest BCUT2D eigenvalue weighted by Gasteiger charge is 2.39. The Balaban J connectivity index is 1.61. The molecule has 3 rings (SSSR count). The second kappa shape index (κ2) is 5.36. The van der Waals surface area contributed by atoms with E-state index in [2.05, 4.69) is 26.0 Å². The van der Waals surface area contributed by atoms with Gasteiger partial charge < -0.3 is 4.74 Å². The third kappa shape index (κ3) is 2.75. The first-order valence-electron chi connectivity index (χ1n) is 6.42. The molecule has 0 aliphatic heterocycles. The first kappa shape index (κ1) is 13.3. The molecule has 1 fully saturated rings. The molecule has 0 aromatic carbocycles. The SMILES string of the molecule is Cn1nc(OC[C@H]2C[C@@H]2c2ccccn2)cc(Br)c1=O. The van der Waals surface area contributed by atoms with E-state index in [0.717, 1.165) is 12.1 Å². The van der Waals surface area contributed by atoms with Crippen LogP contribution in [0.5, 0.6) is 5.88 Å². The van der Waals surface area contributed by atoms with Crippen LogP contribution in [0.2, 0.25) is 0 Å². The van der Waals surface area contributed by atoms with Gasteiger partial charge in [-0.2, -0.15) is 0 Å². The van der Waals surface area contributed by atoms with Crippen LogP contribution in [0.1, 0.15) is 18.0 Å². The lowest BCUT2D eigenvalue weighted by Crippen LogP contribution is -2.20. The molecule has 0 unspecified atom stereocenters. The van der Waals surface area contributed by atoms with Gasteiger partial charge in [0.1, 0.15) is 0 Å². The first-order chi connectivity index (χ1) is 9.65. The highest BCUT2D eigenvalue weighted by atomic mass is 79.9. The van der Waals surface area contributed by atoms with Crippen molar-refractivity contribution < 1.29 is 4.74 Å². The Kier molecular flexibility index (Phi) is 3.56. The maximum atomic E-state index is 11.5. The van der Waals surface area contributed by atoms with Gasteiger partial charge in [0.2, 0.25) is 5.88 Å². The highest BCUT2D eigenvalue weighted by Crippen LogP contribution is 2.46. The van der Waals surface area contributed by atoms with E-state index in [-0.39, 0.29) is 5.56 Å². The van der Waals surface area contributed by atoms with E-state index in [1.165, 1.54) is 4.68 Å². The molecule has 104 valence electrons. The predicted octanol–water partition coefficient (Wildman–Crippen LogP) is 2.12. The molecule has 1 aliphatic carbocycles. The van der Waals surface area contributed by atoms with Crippen molar-refractivity contribution in [3.8, 4) is 5.88 Å². The molecule has 1 aliphatic rings. The molecule has 6 heteroatoms. The summed E-state index contributed by atoms with van der Waals surface area (Å²) in [6.45, 7) is 0.596. The van der Waals surface area contributed by atoms with Crippen LogP contribution in [0.3, 0.4) is 0 Å². The van der Waals surface area contributed by atoms with Crippen molar-refractivity contribution in [2.45, 2.75) is 12.3 Å². The van der Waals surface area contributed by atoms with E-state index in [4.69, 9.17) is 4.74 Å². The van der Waals surface area contributed by atoms with E-state index in [0.29, 0.717) is 28.8 Å². The fraction of sp³-hybridized carbons (Fsp3) is 0.357. The van der Waals surface area contributed by atoms with Gasteiger partial charge in [-0.15, -0.1) is 5.10 Å². The van der Waals surface area contributed by atoms with E-state index in [1.54, 1.807) is 13.1 Å². The van der Waals surface area contributed by atoms with Crippen LogP contribution in [0.25, 0.3) is 0 Å². The molecule has 5 nitrogen and oxygen atoms in total. The molecule has 0 spiro atoms. The smallest absolute Gasteiger partial charge is 0.281 e. The van der Waals surface area contributed by atoms with Gasteiger partial charge in [-0.25, -0.2) is 4.68 Å². The summed E-state index contributed by atoms with van der Waals surface area (Å²) in [4.78, 5) is 15.9. The molecule has 20 heavy (non-hydrogen) atoms. The zero-order chi connectivity index (χ0) is 14.1. The molecule has 0 radical (unpaired) electrons. The van der Waals surface area contributed by atoms with Gasteiger partial charge in [0.15, 0.2) is 0 Å². The molecule has 2 atom stereocenters. The van der Waals surface area contributed by atoms with E-state index < -0.39 is 0 Å². The van der Waals surface area contributed by atoms with Crippen molar-refractivity contribution in [2.75, 3.05) is 6.61 Å². The average molecular weight is 336 g/mol. The summed E-state index contributed by atoms with van der Waals surface area (Å²) in [6, 6.07) is 7.58. The number of hydrogen-bond donors (Lipinski definition) is 0. The van der Waals surface area contributed by atoms with E-state index >= 15 is 0 Å². The number of ether oxygens (including phenoxy) is 1. The number of pyridine rings is 1. The molecular weight excluding hydrogens is 322 g/mol. The molecule has 2 aromatic heterocycles. The third-order valence-corrected chi connectivity index (χ3v) is 4.00. The molecule has 0 saturated heterocycles. The van der Waals surface area contributed by atoms with Crippen LogP contribution in [0, 0.1) is 5.92 Å². The van der Waals surface area contributed by atoms with Crippen LogP contribution < -0.4 is 10.3 Å². The Morgan fingerprint density at radius 1 is 1.50 bits per heavy atom. The van der Waals surface area contributed by atoms with Crippen LogP contribution in [-0.2, 0) is 7.05 Å². The van der Waals surface area contributed by atoms with Gasteiger partial charge in [-0.1, -0.05) is 6.07 Å². The van der Waals surface area contributed by atoms with Gasteiger partial charge in [0, 0.05) is 36.8 Å². The molecule has 2 aromatic rings. The molecule has 0 bridgehead atoms. The van der Waals surface area contributed by atoms with Crippen molar-refractivity contribution in [1.82, 2.24) is 14.8 Å². The highest BCUT2D eigenvalue weighted by molar-refractivity contribution is 9.10. The Bertz CT molecular complexity index is 646. The summed E-state index contributed by atoms with van der Waals surface area (Å²) in [6.07, 6.45) is 2.90. The van der Waals surface area contributed by atoms with E-state index in [1.807, 2.05) is 24.4 Å². The Hall–Kier alpha value is -1.69. The van der Waals surface area contributed by atoms with Crippen molar-refractivity contribution in [1.29, 1.82) is 0 Å². The summed E-state index contributed by atoms with van der Waals surface area (Å²) in [7, 11) is 1.60. The molecule has 1 saturated carbocycles. The lowest BCUT2D eigenvalue weighted by molar-refractivity contribution is 0.277. The second-order valence-corrected chi connectivity index (χ2v) is 5.78. The maximum Gasteiger partial charge on any atom is 0.281 e. The monoisotopic (exact) mass is 335 g/mol. The topological polar surface area (TPSA) is 57.0 Å². The third-order valence-electron chi connectivity index (χ3n) is 3.43. The van der Waals surface area contributed by atoms with Crippen LogP contribution in [-0.4, -0.2) is 21.4 Å². The molecule has 0 N–H and O–H groups in total. The van der Waals surface area contributed by atoms with Gasteiger partial charge in [-0.3, -0.25) is 9.78 Å². The molecule has 2 heterocycles. The van der Waals surface area contributed by atoms with Crippen molar-refractivity contribution >= 4 is 15.9 Å². The number of halogens is 1. The van der Waals surface area contributed by atoms with Crippen molar-refractivity contribution in [3.05, 3.63) is 51.0 Å². The first-order valence-corrected chi connectivity index (χ1v) is 7.22. The zero-order valence-electron chi connectivity index (χ0n) is 11.0. The standard InChI is InChI=1S/C14H14BrN3O2/c1-18-14(19)11(15)7-13(17-18)20-8-9-6-10(9)12-4-2-3-5-16-12/h2-5,7,9-10H,6,8H2,1H3/t9-,10+/m1/s1. The zero-order valence-corrected chi connectivity index (χ0v) is 12.6. The fourth-order valence-electron chi connectivity index (χ4n) is 2.20. The number of aryl methyl sites for hydroxylation is 1. The van der Waals surface area contributed by atoms with Crippen molar-refractivity contribution in [3.63, 3.8) is 0 Å². The van der Waals surface area contributed by atoms with Gasteiger partial charge in [-0.05, 0) is 34.5 Å². The Morgan fingerprint density at radius 3 is 3.05 bits per heavy atom. The van der Waals surface area contributed by atoms with Crippen LogP contribution in [0.15, 0.2) is 39.7 Å². The fourth-order valence-corrected chi connectivity index (χ4v) is 2.65. The number of hydrogen-bond acceptors (Lipinski definition) is 4. The summed E-state index contributed by atoms with van der Waals surface area (Å²) < 4.78 is 7.40. The summed E-state index contributed by atoms with van der Waals surface area (Å²) in [5, 5.41) is 4.07. The predicted molar refractivity (Wildman–Crippen MR) is 77.8 cm³/mol. The maximum absolute atomic E-state index is 11.5. The number of nitrogens with zero attached hydrogens (tertiary/aromatic N) is 3. The van der Waals surface area contributed by atoms with Gasteiger partial charge in [0.05, 0.1) is 11.1 Å². The minimum atomic E-state index is -0.171. The lowest BCUT2D eigenvalue weighted by atomic mass is 10.2. The average Bonchev–Trinajstić information content (AvgIpc) is 3.23. The lowest BCUT2D eigenvalue weighted by Gasteiger charge is -2.06.